The molecule has 3 nitrogen and oxygen atoms in total. The van der Waals surface area contributed by atoms with Gasteiger partial charge < -0.3 is 9.73 Å². The maximum atomic E-state index is 6.15. The Hall–Kier alpha value is -1.48. The molecule has 0 bridgehead atoms. The number of fused-ring (bicyclic) bond motifs is 1. The van der Waals surface area contributed by atoms with Crippen LogP contribution in [0.5, 0.6) is 0 Å². The number of furan rings is 1. The van der Waals surface area contributed by atoms with Gasteiger partial charge in [0.05, 0.1) is 18.0 Å². The van der Waals surface area contributed by atoms with E-state index in [1.807, 2.05) is 19.1 Å². The standard InChI is InChI=1S/C14H15ClN2O/c1-9-5-7-16-14(15)13(9)17-11-3-2-4-12-10(11)6-8-18-12/h5-8,11,17H,2-4H2,1H3. The van der Waals surface area contributed by atoms with Gasteiger partial charge in [-0.25, -0.2) is 4.98 Å². The van der Waals surface area contributed by atoms with Crippen LogP contribution in [0, 0.1) is 6.92 Å². The lowest BCUT2D eigenvalue weighted by Gasteiger charge is -2.24. The van der Waals surface area contributed by atoms with E-state index in [1.165, 1.54) is 5.56 Å². The smallest absolute Gasteiger partial charge is 0.152 e. The number of nitrogens with zero attached hydrogens (tertiary/aromatic N) is 1. The van der Waals surface area contributed by atoms with Crippen molar-refractivity contribution in [2.45, 2.75) is 32.2 Å². The molecule has 0 fully saturated rings. The molecule has 94 valence electrons. The van der Waals surface area contributed by atoms with Crippen molar-refractivity contribution in [1.29, 1.82) is 0 Å². The summed E-state index contributed by atoms with van der Waals surface area (Å²) in [6.07, 6.45) is 6.75. The molecule has 0 aliphatic heterocycles. The SMILES string of the molecule is Cc1ccnc(Cl)c1NC1CCCc2occc21. The highest BCUT2D eigenvalue weighted by atomic mass is 35.5. The number of anilines is 1. The summed E-state index contributed by atoms with van der Waals surface area (Å²) in [5, 5.41) is 4.04. The van der Waals surface area contributed by atoms with Gasteiger partial charge in [0.15, 0.2) is 5.15 Å². The molecule has 2 aromatic heterocycles. The summed E-state index contributed by atoms with van der Waals surface area (Å²) in [6, 6.07) is 4.28. The second-order valence-electron chi connectivity index (χ2n) is 4.68. The third-order valence-electron chi connectivity index (χ3n) is 3.48. The predicted molar refractivity (Wildman–Crippen MR) is 72.0 cm³/mol. The summed E-state index contributed by atoms with van der Waals surface area (Å²) in [6.45, 7) is 2.04. The minimum atomic E-state index is 0.271. The molecule has 1 N–H and O–H groups in total. The van der Waals surface area contributed by atoms with Crippen molar-refractivity contribution < 1.29 is 4.42 Å². The van der Waals surface area contributed by atoms with Crippen molar-refractivity contribution in [2.75, 3.05) is 5.32 Å². The first-order valence-electron chi connectivity index (χ1n) is 6.19. The summed E-state index contributed by atoms with van der Waals surface area (Å²) in [7, 11) is 0. The molecule has 0 amide bonds. The molecule has 2 aromatic rings. The number of aromatic nitrogens is 1. The van der Waals surface area contributed by atoms with Gasteiger partial charge in [0.2, 0.25) is 0 Å². The van der Waals surface area contributed by atoms with Crippen LogP contribution in [0.4, 0.5) is 5.69 Å². The molecular weight excluding hydrogens is 248 g/mol. The average molecular weight is 263 g/mol. The van der Waals surface area contributed by atoms with E-state index in [9.17, 15) is 0 Å². The average Bonchev–Trinajstić information content (AvgIpc) is 2.83. The minimum absolute atomic E-state index is 0.271. The quantitative estimate of drug-likeness (QED) is 0.827. The van der Waals surface area contributed by atoms with Crippen molar-refractivity contribution in [2.24, 2.45) is 0 Å². The third-order valence-corrected chi connectivity index (χ3v) is 3.77. The second-order valence-corrected chi connectivity index (χ2v) is 5.04. The second kappa shape index (κ2) is 4.65. The first-order valence-corrected chi connectivity index (χ1v) is 6.57. The van der Waals surface area contributed by atoms with Gasteiger partial charge in [0, 0.05) is 18.2 Å². The fourth-order valence-electron chi connectivity index (χ4n) is 2.51. The normalized spacial score (nSPS) is 18.4. The third kappa shape index (κ3) is 1.99. The molecule has 1 aliphatic rings. The zero-order chi connectivity index (χ0) is 12.5. The van der Waals surface area contributed by atoms with Gasteiger partial charge in [-0.1, -0.05) is 11.6 Å². The molecule has 0 aromatic carbocycles. The van der Waals surface area contributed by atoms with E-state index in [0.717, 1.165) is 36.3 Å². The molecule has 0 spiro atoms. The summed E-state index contributed by atoms with van der Waals surface area (Å²) < 4.78 is 5.50. The number of pyridine rings is 1. The van der Waals surface area contributed by atoms with Gasteiger partial charge in [-0.15, -0.1) is 0 Å². The van der Waals surface area contributed by atoms with Crippen molar-refractivity contribution in [1.82, 2.24) is 4.98 Å². The van der Waals surface area contributed by atoms with Crippen LogP contribution in [0.1, 0.15) is 35.8 Å². The molecular formula is C14H15ClN2O. The molecule has 1 aliphatic carbocycles. The van der Waals surface area contributed by atoms with Crippen LogP contribution < -0.4 is 5.32 Å². The van der Waals surface area contributed by atoms with E-state index in [2.05, 4.69) is 10.3 Å². The number of rotatable bonds is 2. The lowest BCUT2D eigenvalue weighted by atomic mass is 9.93. The Kier molecular flexibility index (Phi) is 3.00. The van der Waals surface area contributed by atoms with Crippen LogP contribution >= 0.6 is 11.6 Å². The maximum absolute atomic E-state index is 6.15. The summed E-state index contributed by atoms with van der Waals surface area (Å²) in [5.41, 5.74) is 3.30. The van der Waals surface area contributed by atoms with Gasteiger partial charge in [-0.05, 0) is 37.5 Å². The van der Waals surface area contributed by atoms with Crippen LogP contribution in [-0.4, -0.2) is 4.98 Å². The Morgan fingerprint density at radius 1 is 1.44 bits per heavy atom. The van der Waals surface area contributed by atoms with Crippen molar-refractivity contribution >= 4 is 17.3 Å². The lowest BCUT2D eigenvalue weighted by molar-refractivity contribution is 0.461. The van der Waals surface area contributed by atoms with Crippen LogP contribution in [0.2, 0.25) is 5.15 Å². The van der Waals surface area contributed by atoms with Gasteiger partial charge >= 0.3 is 0 Å². The first kappa shape index (κ1) is 11.6. The summed E-state index contributed by atoms with van der Waals surface area (Å²) >= 11 is 6.15. The molecule has 3 rings (SSSR count). The highest BCUT2D eigenvalue weighted by Gasteiger charge is 2.23. The summed E-state index contributed by atoms with van der Waals surface area (Å²) in [5.74, 6) is 1.09. The Balaban J connectivity index is 1.91. The van der Waals surface area contributed by atoms with Gasteiger partial charge in [0.1, 0.15) is 5.76 Å². The van der Waals surface area contributed by atoms with E-state index in [-0.39, 0.29) is 6.04 Å². The van der Waals surface area contributed by atoms with Crippen molar-refractivity contribution in [3.63, 3.8) is 0 Å². The van der Waals surface area contributed by atoms with E-state index in [4.69, 9.17) is 16.0 Å². The van der Waals surface area contributed by atoms with Gasteiger partial charge in [0.25, 0.3) is 0 Å². The highest BCUT2D eigenvalue weighted by molar-refractivity contribution is 6.32. The number of nitrogens with one attached hydrogen (secondary N) is 1. The number of hydrogen-bond acceptors (Lipinski definition) is 3. The zero-order valence-electron chi connectivity index (χ0n) is 10.2. The summed E-state index contributed by atoms with van der Waals surface area (Å²) in [4.78, 5) is 4.13. The van der Waals surface area contributed by atoms with Crippen molar-refractivity contribution in [3.8, 4) is 0 Å². The molecule has 1 atom stereocenters. The largest absolute Gasteiger partial charge is 0.469 e. The highest BCUT2D eigenvalue weighted by Crippen LogP contribution is 2.35. The first-order chi connectivity index (χ1) is 8.75. The minimum Gasteiger partial charge on any atom is -0.469 e. The van der Waals surface area contributed by atoms with Gasteiger partial charge in [-0.2, -0.15) is 0 Å². The Morgan fingerprint density at radius 3 is 3.17 bits per heavy atom. The van der Waals surface area contributed by atoms with E-state index in [0.29, 0.717) is 5.15 Å². The number of halogens is 1. The molecule has 0 radical (unpaired) electrons. The molecule has 2 heterocycles. The number of aryl methyl sites for hydroxylation is 2. The monoisotopic (exact) mass is 262 g/mol. The van der Waals surface area contributed by atoms with Crippen LogP contribution in [0.25, 0.3) is 0 Å². The molecule has 18 heavy (non-hydrogen) atoms. The van der Waals surface area contributed by atoms with Crippen LogP contribution in [0.15, 0.2) is 29.0 Å². The zero-order valence-corrected chi connectivity index (χ0v) is 11.0. The van der Waals surface area contributed by atoms with E-state index in [1.54, 1.807) is 12.5 Å². The topological polar surface area (TPSA) is 38.1 Å². The fraction of sp³-hybridized carbons (Fsp3) is 0.357. The van der Waals surface area contributed by atoms with Gasteiger partial charge in [-0.3, -0.25) is 0 Å². The number of hydrogen-bond donors (Lipinski definition) is 1. The maximum Gasteiger partial charge on any atom is 0.152 e. The molecule has 1 unspecified atom stereocenters. The van der Waals surface area contributed by atoms with Crippen LogP contribution in [-0.2, 0) is 6.42 Å². The predicted octanol–water partition coefficient (Wildman–Crippen LogP) is 4.13. The Bertz CT molecular complexity index is 544. The van der Waals surface area contributed by atoms with E-state index < -0.39 is 0 Å². The Labute approximate surface area is 111 Å². The molecule has 0 saturated heterocycles. The molecule has 4 heteroatoms. The van der Waals surface area contributed by atoms with E-state index >= 15 is 0 Å². The Morgan fingerprint density at radius 2 is 2.33 bits per heavy atom. The fourth-order valence-corrected chi connectivity index (χ4v) is 2.77. The van der Waals surface area contributed by atoms with Crippen molar-refractivity contribution in [3.05, 3.63) is 46.6 Å². The molecule has 0 saturated carbocycles. The van der Waals surface area contributed by atoms with Crippen LogP contribution in [0.3, 0.4) is 0 Å². The lowest BCUT2D eigenvalue weighted by Crippen LogP contribution is -2.16.